The Hall–Kier alpha value is -2.64. The highest BCUT2D eigenvalue weighted by Crippen LogP contribution is 2.14. The minimum absolute atomic E-state index is 0.0889. The maximum absolute atomic E-state index is 13.1. The summed E-state index contributed by atoms with van der Waals surface area (Å²) in [7, 11) is 0. The number of nitrogens with one attached hydrogen (secondary N) is 1. The third kappa shape index (κ3) is 4.26. The molecule has 2 saturated heterocycles. The van der Waals surface area contributed by atoms with Crippen LogP contribution in [0.5, 0.6) is 5.75 Å². The molecule has 2 aliphatic rings. The first-order chi connectivity index (χ1) is 12.0. The molecule has 0 bridgehead atoms. The highest BCUT2D eigenvalue weighted by Gasteiger charge is 2.32. The van der Waals surface area contributed by atoms with Gasteiger partial charge in [-0.1, -0.05) is 6.07 Å². The van der Waals surface area contributed by atoms with Crippen molar-refractivity contribution in [3.05, 3.63) is 30.1 Å². The van der Waals surface area contributed by atoms with Gasteiger partial charge in [0.1, 0.15) is 17.6 Å². The van der Waals surface area contributed by atoms with Crippen LogP contribution in [0.1, 0.15) is 12.8 Å². The Bertz CT molecular complexity index is 674. The van der Waals surface area contributed by atoms with Crippen LogP contribution in [-0.4, -0.2) is 66.3 Å². The van der Waals surface area contributed by atoms with E-state index in [1.54, 1.807) is 15.9 Å². The number of hydrogen-bond donors (Lipinski definition) is 1. The van der Waals surface area contributed by atoms with Gasteiger partial charge in [0.05, 0.1) is 0 Å². The van der Waals surface area contributed by atoms with Gasteiger partial charge in [0.2, 0.25) is 11.8 Å². The lowest BCUT2D eigenvalue weighted by Crippen LogP contribution is -2.55. The number of rotatable bonds is 4. The third-order valence-electron chi connectivity index (χ3n) is 4.40. The Balaban J connectivity index is 1.44. The first-order valence-electron chi connectivity index (χ1n) is 8.27. The lowest BCUT2D eigenvalue weighted by molar-refractivity contribution is -0.141. The molecular formula is C17H20FN3O4. The van der Waals surface area contributed by atoms with Crippen molar-refractivity contribution in [2.75, 3.05) is 32.8 Å². The van der Waals surface area contributed by atoms with Gasteiger partial charge in [-0.05, 0) is 18.6 Å². The lowest BCUT2D eigenvalue weighted by Gasteiger charge is -2.35. The second-order valence-electron chi connectivity index (χ2n) is 6.11. The fraction of sp³-hybridized carbons (Fsp3) is 0.471. The molecule has 0 spiro atoms. The third-order valence-corrected chi connectivity index (χ3v) is 4.40. The summed E-state index contributed by atoms with van der Waals surface area (Å²) in [6.07, 6.45) is 0.907. The standard InChI is InChI=1S/C17H20FN3O4/c18-12-2-1-3-13(10-12)25-11-16(23)20-6-8-21(9-7-20)17(24)14-4-5-15(22)19-14/h1-3,10,14H,4-9,11H2,(H,19,22). The van der Waals surface area contributed by atoms with Gasteiger partial charge >= 0.3 is 0 Å². The van der Waals surface area contributed by atoms with Crippen molar-refractivity contribution < 1.29 is 23.5 Å². The largest absolute Gasteiger partial charge is 0.484 e. The van der Waals surface area contributed by atoms with Crippen LogP contribution < -0.4 is 10.1 Å². The van der Waals surface area contributed by atoms with Crippen LogP contribution >= 0.6 is 0 Å². The van der Waals surface area contributed by atoms with Gasteiger partial charge in [-0.25, -0.2) is 4.39 Å². The van der Waals surface area contributed by atoms with Gasteiger partial charge < -0.3 is 19.9 Å². The summed E-state index contributed by atoms with van der Waals surface area (Å²) < 4.78 is 18.4. The number of nitrogens with zero attached hydrogens (tertiary/aromatic N) is 2. The summed E-state index contributed by atoms with van der Waals surface area (Å²) in [4.78, 5) is 39.0. The van der Waals surface area contributed by atoms with E-state index >= 15 is 0 Å². The average Bonchev–Trinajstić information content (AvgIpc) is 3.06. The molecule has 2 heterocycles. The zero-order valence-electron chi connectivity index (χ0n) is 13.7. The molecule has 0 saturated carbocycles. The first kappa shape index (κ1) is 17.2. The lowest BCUT2D eigenvalue weighted by atomic mass is 10.2. The van der Waals surface area contributed by atoms with Gasteiger partial charge in [0, 0.05) is 38.7 Å². The van der Waals surface area contributed by atoms with Crippen LogP contribution in [0.3, 0.4) is 0 Å². The minimum Gasteiger partial charge on any atom is -0.484 e. The van der Waals surface area contributed by atoms with Crippen molar-refractivity contribution in [2.45, 2.75) is 18.9 Å². The summed E-state index contributed by atoms with van der Waals surface area (Å²) >= 11 is 0. The van der Waals surface area contributed by atoms with E-state index in [-0.39, 0.29) is 24.3 Å². The molecule has 3 rings (SSSR count). The number of ether oxygens (including phenoxy) is 1. The second kappa shape index (κ2) is 7.50. The fourth-order valence-electron chi connectivity index (χ4n) is 2.99. The Labute approximate surface area is 144 Å². The maximum atomic E-state index is 13.1. The van der Waals surface area contributed by atoms with Crippen molar-refractivity contribution in [3.63, 3.8) is 0 Å². The zero-order chi connectivity index (χ0) is 17.8. The average molecular weight is 349 g/mol. The SMILES string of the molecule is O=C1CCC(C(=O)N2CCN(C(=O)COc3cccc(F)c3)CC2)N1. The topological polar surface area (TPSA) is 79.0 Å². The highest BCUT2D eigenvalue weighted by molar-refractivity contribution is 5.91. The van der Waals surface area contributed by atoms with Crippen LogP contribution in [0.2, 0.25) is 0 Å². The number of hydrogen-bond acceptors (Lipinski definition) is 4. The fourth-order valence-corrected chi connectivity index (χ4v) is 2.99. The molecule has 0 aliphatic carbocycles. The summed E-state index contributed by atoms with van der Waals surface area (Å²) in [5.74, 6) is -0.503. The van der Waals surface area contributed by atoms with E-state index < -0.39 is 11.9 Å². The van der Waals surface area contributed by atoms with E-state index in [0.717, 1.165) is 0 Å². The van der Waals surface area contributed by atoms with Gasteiger partial charge in [-0.3, -0.25) is 14.4 Å². The van der Waals surface area contributed by atoms with E-state index in [0.29, 0.717) is 44.8 Å². The molecule has 1 atom stereocenters. The number of halogens is 1. The first-order valence-corrected chi connectivity index (χ1v) is 8.27. The van der Waals surface area contributed by atoms with E-state index in [4.69, 9.17) is 4.74 Å². The van der Waals surface area contributed by atoms with Gasteiger partial charge in [-0.15, -0.1) is 0 Å². The van der Waals surface area contributed by atoms with E-state index in [9.17, 15) is 18.8 Å². The smallest absolute Gasteiger partial charge is 0.260 e. The molecule has 0 aromatic heterocycles. The van der Waals surface area contributed by atoms with Crippen LogP contribution in [0.15, 0.2) is 24.3 Å². The number of carbonyl (C=O) groups is 3. The summed E-state index contributed by atoms with van der Waals surface area (Å²) in [6, 6.07) is 5.19. The zero-order valence-corrected chi connectivity index (χ0v) is 13.7. The predicted octanol–water partition coefficient (Wildman–Crippen LogP) is 0.154. The number of piperazine rings is 1. The summed E-state index contributed by atoms with van der Waals surface area (Å²) in [5.41, 5.74) is 0. The van der Waals surface area contributed by atoms with E-state index in [1.165, 1.54) is 18.2 Å². The van der Waals surface area contributed by atoms with Crippen molar-refractivity contribution in [1.29, 1.82) is 0 Å². The van der Waals surface area contributed by atoms with Crippen molar-refractivity contribution in [2.24, 2.45) is 0 Å². The van der Waals surface area contributed by atoms with E-state index in [2.05, 4.69) is 5.32 Å². The van der Waals surface area contributed by atoms with Crippen LogP contribution in [0.4, 0.5) is 4.39 Å². The Morgan fingerprint density at radius 2 is 1.92 bits per heavy atom. The predicted molar refractivity (Wildman–Crippen MR) is 86.2 cm³/mol. The molecular weight excluding hydrogens is 329 g/mol. The molecule has 1 unspecified atom stereocenters. The van der Waals surface area contributed by atoms with Gasteiger partial charge in [0.15, 0.2) is 6.61 Å². The number of amides is 3. The quantitative estimate of drug-likeness (QED) is 0.840. The molecule has 1 aromatic carbocycles. The van der Waals surface area contributed by atoms with Crippen LogP contribution in [0, 0.1) is 5.82 Å². The summed E-state index contributed by atoms with van der Waals surface area (Å²) in [5, 5.41) is 2.67. The molecule has 7 nitrogen and oxygen atoms in total. The molecule has 1 aromatic rings. The Kier molecular flexibility index (Phi) is 5.16. The van der Waals surface area contributed by atoms with E-state index in [1.807, 2.05) is 0 Å². The van der Waals surface area contributed by atoms with Gasteiger partial charge in [0.25, 0.3) is 5.91 Å². The van der Waals surface area contributed by atoms with Crippen LogP contribution in [0.25, 0.3) is 0 Å². The number of carbonyl (C=O) groups excluding carboxylic acids is 3. The maximum Gasteiger partial charge on any atom is 0.260 e. The monoisotopic (exact) mass is 349 g/mol. The molecule has 2 fully saturated rings. The normalized spacial score (nSPS) is 20.4. The molecule has 3 amide bonds. The molecule has 1 N–H and O–H groups in total. The summed E-state index contributed by atoms with van der Waals surface area (Å²) in [6.45, 7) is 1.51. The van der Waals surface area contributed by atoms with Gasteiger partial charge in [-0.2, -0.15) is 0 Å². The Morgan fingerprint density at radius 3 is 2.56 bits per heavy atom. The number of benzene rings is 1. The molecule has 2 aliphatic heterocycles. The highest BCUT2D eigenvalue weighted by atomic mass is 19.1. The molecule has 134 valence electrons. The molecule has 0 radical (unpaired) electrons. The van der Waals surface area contributed by atoms with Crippen molar-refractivity contribution in [3.8, 4) is 5.75 Å². The molecule has 25 heavy (non-hydrogen) atoms. The molecule has 8 heteroatoms. The van der Waals surface area contributed by atoms with Crippen molar-refractivity contribution >= 4 is 17.7 Å². The van der Waals surface area contributed by atoms with Crippen LogP contribution in [-0.2, 0) is 14.4 Å². The minimum atomic E-state index is -0.439. The second-order valence-corrected chi connectivity index (χ2v) is 6.11. The van der Waals surface area contributed by atoms with Crippen molar-refractivity contribution in [1.82, 2.24) is 15.1 Å². The Morgan fingerprint density at radius 1 is 1.20 bits per heavy atom.